The normalized spacial score (nSPS) is 13.1. The Kier molecular flexibility index (Phi) is 5.07. The molecule has 9 heteroatoms. The molecule has 0 radical (unpaired) electrons. The van der Waals surface area contributed by atoms with E-state index < -0.39 is 0 Å². The van der Waals surface area contributed by atoms with Gasteiger partial charge in [-0.2, -0.15) is 5.10 Å². The molecule has 2 N–H and O–H groups in total. The van der Waals surface area contributed by atoms with Crippen LogP contribution in [-0.4, -0.2) is 30.9 Å². The number of pyridine rings is 1. The zero-order valence-electron chi connectivity index (χ0n) is 19.2. The number of aromatic nitrogens is 4. The molecule has 9 nitrogen and oxygen atoms in total. The van der Waals surface area contributed by atoms with Crippen molar-refractivity contribution in [2.75, 3.05) is 10.6 Å². The highest BCUT2D eigenvalue weighted by Gasteiger charge is 2.11. The lowest BCUT2D eigenvalue weighted by Crippen LogP contribution is -2.11. The van der Waals surface area contributed by atoms with Crippen LogP contribution in [0, 0.1) is 6.92 Å². The highest BCUT2D eigenvalue weighted by molar-refractivity contribution is 6.11. The molecule has 0 amide bonds. The van der Waals surface area contributed by atoms with Crippen molar-refractivity contribution in [3.63, 3.8) is 0 Å². The van der Waals surface area contributed by atoms with Crippen LogP contribution in [0.3, 0.4) is 0 Å². The zero-order chi connectivity index (χ0) is 23.8. The quantitative estimate of drug-likeness (QED) is 0.347. The van der Waals surface area contributed by atoms with Gasteiger partial charge in [-0.05, 0) is 61.9 Å². The number of nitrogens with one attached hydrogen (secondary N) is 2. The summed E-state index contributed by atoms with van der Waals surface area (Å²) in [6.07, 6.45) is 7.88. The minimum absolute atomic E-state index is 0.720. The van der Waals surface area contributed by atoms with Gasteiger partial charge in [0.2, 0.25) is 0 Å². The van der Waals surface area contributed by atoms with Gasteiger partial charge < -0.3 is 19.8 Å². The molecule has 0 saturated carbocycles. The Morgan fingerprint density at radius 3 is 2.60 bits per heavy atom. The molecule has 0 saturated heterocycles. The standard InChI is InChI=1S/C26H22N8O/c1-16-11-18(4-6-23(16)35-20-7-9-34-10-8-27-25(34)14-20)31-26-21-13-19(3-5-22(21)28-15-29-26)30-24-12-17(2)32-33-24/h3-11,13-15H,12H2,1-2H3,(H,30,33)(H,28,29,31). The van der Waals surface area contributed by atoms with Crippen molar-refractivity contribution in [3.05, 3.63) is 79.0 Å². The maximum Gasteiger partial charge on any atom is 0.141 e. The molecule has 6 rings (SSSR count). The summed E-state index contributed by atoms with van der Waals surface area (Å²) in [5.41, 5.74) is 5.48. The summed E-state index contributed by atoms with van der Waals surface area (Å²) in [7, 11) is 0. The van der Waals surface area contributed by atoms with E-state index in [1.54, 1.807) is 12.5 Å². The number of benzene rings is 2. The van der Waals surface area contributed by atoms with E-state index in [2.05, 4.69) is 35.8 Å². The number of hydrogen-bond acceptors (Lipinski definition) is 8. The lowest BCUT2D eigenvalue weighted by Gasteiger charge is -2.13. The van der Waals surface area contributed by atoms with Crippen LogP contribution >= 0.6 is 0 Å². The van der Waals surface area contributed by atoms with Gasteiger partial charge in [0, 0.05) is 53.6 Å². The Hall–Kier alpha value is -4.79. The van der Waals surface area contributed by atoms with E-state index in [0.717, 1.165) is 68.8 Å². The van der Waals surface area contributed by atoms with Crippen molar-refractivity contribution >= 4 is 45.3 Å². The summed E-state index contributed by atoms with van der Waals surface area (Å²) in [5, 5.41) is 15.9. The van der Waals surface area contributed by atoms with Crippen LogP contribution in [0.25, 0.3) is 16.6 Å². The summed E-state index contributed by atoms with van der Waals surface area (Å²) in [6, 6.07) is 15.7. The van der Waals surface area contributed by atoms with Crippen LogP contribution in [0.1, 0.15) is 18.9 Å². The molecular formula is C26H22N8O. The number of imidazole rings is 1. The third-order valence-electron chi connectivity index (χ3n) is 5.72. The van der Waals surface area contributed by atoms with Gasteiger partial charge in [-0.1, -0.05) is 0 Å². The lowest BCUT2D eigenvalue weighted by molar-refractivity contribution is 0.478. The molecule has 0 unspecified atom stereocenters. The molecule has 1 aliphatic heterocycles. The van der Waals surface area contributed by atoms with E-state index in [-0.39, 0.29) is 0 Å². The fraction of sp³-hybridized carbons (Fsp3) is 0.115. The number of anilines is 3. The molecule has 3 aromatic heterocycles. The smallest absolute Gasteiger partial charge is 0.141 e. The molecule has 0 bridgehead atoms. The van der Waals surface area contributed by atoms with E-state index in [1.165, 1.54) is 0 Å². The molecule has 0 spiro atoms. The average molecular weight is 463 g/mol. The fourth-order valence-electron chi connectivity index (χ4n) is 3.99. The lowest BCUT2D eigenvalue weighted by atomic mass is 10.1. The number of fused-ring (bicyclic) bond motifs is 2. The third-order valence-corrected chi connectivity index (χ3v) is 5.72. The van der Waals surface area contributed by atoms with Crippen molar-refractivity contribution in [2.24, 2.45) is 10.2 Å². The first-order chi connectivity index (χ1) is 17.1. The van der Waals surface area contributed by atoms with Crippen LogP contribution in [-0.2, 0) is 0 Å². The molecule has 4 heterocycles. The molecule has 35 heavy (non-hydrogen) atoms. The van der Waals surface area contributed by atoms with Gasteiger partial charge in [0.25, 0.3) is 0 Å². The second-order valence-corrected chi connectivity index (χ2v) is 8.40. The van der Waals surface area contributed by atoms with Gasteiger partial charge in [0.05, 0.1) is 5.52 Å². The van der Waals surface area contributed by atoms with Crippen LogP contribution < -0.4 is 15.4 Å². The SMILES string of the molecule is CC1=NN=C(Nc2ccc3ncnc(Nc4ccc(Oc5ccn6ccnc6c5)c(C)c4)c3c2)C1. The molecule has 2 aromatic carbocycles. The molecule has 0 atom stereocenters. The predicted molar refractivity (Wildman–Crippen MR) is 138 cm³/mol. The Bertz CT molecular complexity index is 1640. The van der Waals surface area contributed by atoms with Gasteiger partial charge in [0.15, 0.2) is 0 Å². The minimum Gasteiger partial charge on any atom is -0.457 e. The van der Waals surface area contributed by atoms with Gasteiger partial charge in [0.1, 0.15) is 35.1 Å². The van der Waals surface area contributed by atoms with E-state index in [1.807, 2.05) is 79.2 Å². The van der Waals surface area contributed by atoms with Crippen LogP contribution in [0.2, 0.25) is 0 Å². The van der Waals surface area contributed by atoms with Gasteiger partial charge in [-0.25, -0.2) is 15.0 Å². The maximum atomic E-state index is 6.11. The van der Waals surface area contributed by atoms with Crippen LogP contribution in [0.15, 0.2) is 83.7 Å². The summed E-state index contributed by atoms with van der Waals surface area (Å²) >= 11 is 0. The van der Waals surface area contributed by atoms with Gasteiger partial charge in [-0.15, -0.1) is 5.10 Å². The number of aryl methyl sites for hydroxylation is 1. The number of rotatable bonds is 5. The molecule has 1 aliphatic rings. The topological polar surface area (TPSA) is 101 Å². The maximum absolute atomic E-state index is 6.11. The summed E-state index contributed by atoms with van der Waals surface area (Å²) in [5.74, 6) is 3.06. The second-order valence-electron chi connectivity index (χ2n) is 8.40. The van der Waals surface area contributed by atoms with E-state index in [4.69, 9.17) is 4.74 Å². The Morgan fingerprint density at radius 2 is 1.74 bits per heavy atom. The first-order valence-corrected chi connectivity index (χ1v) is 11.2. The second kappa shape index (κ2) is 8.53. The van der Waals surface area contributed by atoms with Crippen molar-refractivity contribution in [1.29, 1.82) is 0 Å². The summed E-state index contributed by atoms with van der Waals surface area (Å²) in [6.45, 7) is 3.98. The first-order valence-electron chi connectivity index (χ1n) is 11.2. The molecule has 0 aliphatic carbocycles. The van der Waals surface area contributed by atoms with Gasteiger partial charge >= 0.3 is 0 Å². The first kappa shape index (κ1) is 20.8. The van der Waals surface area contributed by atoms with E-state index in [9.17, 15) is 0 Å². The highest BCUT2D eigenvalue weighted by atomic mass is 16.5. The Balaban J connectivity index is 1.23. The molecular weight excluding hydrogens is 440 g/mol. The Morgan fingerprint density at radius 1 is 0.857 bits per heavy atom. The summed E-state index contributed by atoms with van der Waals surface area (Å²) in [4.78, 5) is 13.2. The minimum atomic E-state index is 0.720. The number of nitrogens with zero attached hydrogens (tertiary/aromatic N) is 6. The molecule has 0 fully saturated rings. The number of ether oxygens (including phenoxy) is 1. The van der Waals surface area contributed by atoms with Crippen LogP contribution in [0.5, 0.6) is 11.5 Å². The fourth-order valence-corrected chi connectivity index (χ4v) is 3.99. The van der Waals surface area contributed by atoms with Gasteiger partial charge in [-0.3, -0.25) is 0 Å². The largest absolute Gasteiger partial charge is 0.457 e. The zero-order valence-corrected chi connectivity index (χ0v) is 19.2. The highest BCUT2D eigenvalue weighted by Crippen LogP contribution is 2.31. The monoisotopic (exact) mass is 462 g/mol. The van der Waals surface area contributed by atoms with E-state index >= 15 is 0 Å². The van der Waals surface area contributed by atoms with Crippen molar-refractivity contribution in [1.82, 2.24) is 19.4 Å². The average Bonchev–Trinajstić information content (AvgIpc) is 3.49. The number of amidine groups is 1. The van der Waals surface area contributed by atoms with Crippen molar-refractivity contribution < 1.29 is 4.74 Å². The third kappa shape index (κ3) is 4.26. The predicted octanol–water partition coefficient (Wildman–Crippen LogP) is 5.71. The summed E-state index contributed by atoms with van der Waals surface area (Å²) < 4.78 is 8.05. The number of hydrogen-bond donors (Lipinski definition) is 2. The molecule has 5 aromatic rings. The van der Waals surface area contributed by atoms with Crippen LogP contribution in [0.4, 0.5) is 17.2 Å². The Labute approximate surface area is 201 Å². The van der Waals surface area contributed by atoms with E-state index in [0.29, 0.717) is 0 Å². The van der Waals surface area contributed by atoms with Crippen molar-refractivity contribution in [3.8, 4) is 11.5 Å². The molecule has 172 valence electrons. The van der Waals surface area contributed by atoms with Crippen molar-refractivity contribution in [2.45, 2.75) is 20.3 Å².